The lowest BCUT2D eigenvalue weighted by atomic mass is 9.87. The number of alkyl halides is 3. The summed E-state index contributed by atoms with van der Waals surface area (Å²) in [6.45, 7) is 0. The summed E-state index contributed by atoms with van der Waals surface area (Å²) in [6, 6.07) is 2.19. The van der Waals surface area contributed by atoms with Crippen LogP contribution in [0.5, 0.6) is 0 Å². The molecule has 208 valence electrons. The van der Waals surface area contributed by atoms with Crippen LogP contribution in [0.25, 0.3) is 0 Å². The van der Waals surface area contributed by atoms with Crippen LogP contribution in [0.4, 0.5) is 13.2 Å². The second-order valence-electron chi connectivity index (χ2n) is 9.48. The molecule has 1 aliphatic heterocycles. The first kappa shape index (κ1) is 30.2. The zero-order valence-corrected chi connectivity index (χ0v) is 25.2. The molecule has 1 aromatic carbocycles. The van der Waals surface area contributed by atoms with E-state index in [4.69, 9.17) is 34.8 Å². The molecular formula is C25H26Cl3F3N2O2S3. The molecule has 2 heterocycles. The molecule has 13 heteroatoms. The van der Waals surface area contributed by atoms with Crippen LogP contribution in [0.2, 0.25) is 15.1 Å². The highest BCUT2D eigenvalue weighted by Crippen LogP contribution is 2.50. The third-order valence-corrected chi connectivity index (χ3v) is 11.6. The van der Waals surface area contributed by atoms with Gasteiger partial charge in [-0.3, -0.25) is 14.0 Å². The summed E-state index contributed by atoms with van der Waals surface area (Å²) >= 11 is 23.5. The highest BCUT2D eigenvalue weighted by molar-refractivity contribution is 7.85. The Labute approximate surface area is 246 Å². The molecule has 0 saturated carbocycles. The van der Waals surface area contributed by atoms with Crippen LogP contribution in [0.1, 0.15) is 63.3 Å². The number of halogens is 6. The summed E-state index contributed by atoms with van der Waals surface area (Å²) in [5.74, 6) is 0.855. The fourth-order valence-electron chi connectivity index (χ4n) is 4.90. The lowest BCUT2D eigenvalue weighted by Crippen LogP contribution is -2.39. The van der Waals surface area contributed by atoms with Crippen molar-refractivity contribution in [3.05, 3.63) is 53.6 Å². The molecule has 1 saturated heterocycles. The molecule has 1 amide bonds. The molecule has 0 spiro atoms. The van der Waals surface area contributed by atoms with Gasteiger partial charge in [0.2, 0.25) is 0 Å². The van der Waals surface area contributed by atoms with Crippen LogP contribution in [0.15, 0.2) is 17.1 Å². The van der Waals surface area contributed by atoms with E-state index in [-0.39, 0.29) is 38.3 Å². The normalized spacial score (nSPS) is 22.1. The Morgan fingerprint density at radius 2 is 1.66 bits per heavy atom. The number of amides is 1. The number of benzene rings is 1. The molecule has 1 N–H and O–H groups in total. The van der Waals surface area contributed by atoms with Gasteiger partial charge in [0, 0.05) is 41.8 Å². The highest BCUT2D eigenvalue weighted by atomic mass is 35.5. The standard InChI is InChI=1S/C25H26Cl3F3N2O2S3/c1-32-19(12-24(36,25(29,30)31)13-10-17(26)20(28)18(27)11-13)21-15-4-2-3-5-16(15)22(37-21)23(34)33-14-6-8-38(35)9-7-14/h10-11,14,36H,2-9,12H2,1H3,(H,33,34). The van der Waals surface area contributed by atoms with Crippen molar-refractivity contribution in [1.82, 2.24) is 5.32 Å². The van der Waals surface area contributed by atoms with Crippen LogP contribution in [0.3, 0.4) is 0 Å². The molecule has 0 bridgehead atoms. The van der Waals surface area contributed by atoms with E-state index in [1.165, 1.54) is 18.4 Å². The minimum absolute atomic E-state index is 0.0356. The number of carbonyl (C=O) groups excluding carboxylic acids is 1. The monoisotopic (exact) mass is 644 g/mol. The average Bonchev–Trinajstić information content (AvgIpc) is 3.26. The molecule has 2 aliphatic rings. The number of nitrogens with zero attached hydrogens (tertiary/aromatic N) is 1. The molecule has 1 atom stereocenters. The van der Waals surface area contributed by atoms with Crippen LogP contribution >= 0.6 is 58.8 Å². The van der Waals surface area contributed by atoms with Gasteiger partial charge in [-0.25, -0.2) is 0 Å². The quantitative estimate of drug-likeness (QED) is 0.195. The fourth-order valence-corrected chi connectivity index (χ4v) is 8.41. The van der Waals surface area contributed by atoms with Crippen LogP contribution in [-0.2, 0) is 28.4 Å². The summed E-state index contributed by atoms with van der Waals surface area (Å²) in [5, 5.41) is 2.81. The van der Waals surface area contributed by atoms with Crippen molar-refractivity contribution in [2.24, 2.45) is 4.99 Å². The number of nitrogens with one attached hydrogen (secondary N) is 1. The Balaban J connectivity index is 1.71. The second-order valence-corrected chi connectivity index (χ2v) is 14.2. The molecule has 2 aromatic rings. The number of aliphatic imine (C=N–C) groups is 1. The van der Waals surface area contributed by atoms with Crippen molar-refractivity contribution in [1.29, 1.82) is 0 Å². The molecular weight excluding hydrogens is 620 g/mol. The zero-order chi connectivity index (χ0) is 27.8. The maximum atomic E-state index is 14.6. The van der Waals surface area contributed by atoms with Gasteiger partial charge in [-0.15, -0.1) is 11.3 Å². The summed E-state index contributed by atoms with van der Waals surface area (Å²) < 4.78 is 52.8. The Hall–Kier alpha value is -0.780. The van der Waals surface area contributed by atoms with E-state index in [2.05, 4.69) is 22.9 Å². The number of fused-ring (bicyclic) bond motifs is 1. The molecule has 4 nitrogen and oxygen atoms in total. The van der Waals surface area contributed by atoms with Crippen molar-refractivity contribution in [2.75, 3.05) is 18.6 Å². The Morgan fingerprint density at radius 1 is 1.11 bits per heavy atom. The Bertz CT molecular complexity index is 1270. The van der Waals surface area contributed by atoms with Crippen LogP contribution in [0, 0.1) is 0 Å². The number of thiophene rings is 1. The van der Waals surface area contributed by atoms with Gasteiger partial charge in [0.25, 0.3) is 5.91 Å². The average molecular weight is 646 g/mol. The van der Waals surface area contributed by atoms with E-state index in [1.54, 1.807) is 0 Å². The zero-order valence-electron chi connectivity index (χ0n) is 20.4. The third kappa shape index (κ3) is 6.10. The van der Waals surface area contributed by atoms with Crippen molar-refractivity contribution >= 4 is 81.2 Å². The predicted molar refractivity (Wildman–Crippen MR) is 155 cm³/mol. The molecule has 1 aliphatic carbocycles. The highest BCUT2D eigenvalue weighted by Gasteiger charge is 2.54. The third-order valence-electron chi connectivity index (χ3n) is 7.04. The lowest BCUT2D eigenvalue weighted by molar-refractivity contribution is -0.159. The number of thiol groups is 1. The summed E-state index contributed by atoms with van der Waals surface area (Å²) in [6.07, 6.45) is -1.00. The van der Waals surface area contributed by atoms with E-state index >= 15 is 0 Å². The van der Waals surface area contributed by atoms with Crippen molar-refractivity contribution in [2.45, 2.75) is 61.9 Å². The van der Waals surface area contributed by atoms with E-state index in [0.717, 1.165) is 36.1 Å². The van der Waals surface area contributed by atoms with Gasteiger partial charge in [0.15, 0.2) is 0 Å². The van der Waals surface area contributed by atoms with E-state index in [0.29, 0.717) is 46.9 Å². The number of hydrogen-bond donors (Lipinski definition) is 2. The van der Waals surface area contributed by atoms with Crippen LogP contribution in [-0.4, -0.2) is 46.6 Å². The molecule has 1 fully saturated rings. The maximum absolute atomic E-state index is 14.6. The van der Waals surface area contributed by atoms with E-state index < -0.39 is 28.1 Å². The van der Waals surface area contributed by atoms with Gasteiger partial charge in [0.05, 0.1) is 30.5 Å². The predicted octanol–water partition coefficient (Wildman–Crippen LogP) is 7.42. The van der Waals surface area contributed by atoms with Gasteiger partial charge in [0.1, 0.15) is 4.75 Å². The first-order valence-corrected chi connectivity index (χ1v) is 15.9. The minimum atomic E-state index is -4.79. The molecule has 1 aromatic heterocycles. The summed E-state index contributed by atoms with van der Waals surface area (Å²) in [4.78, 5) is 18.7. The molecule has 0 radical (unpaired) electrons. The largest absolute Gasteiger partial charge is 0.407 e. The SMILES string of the molecule is CN=C(CC(S)(c1cc(Cl)c(Cl)c(Cl)c1)C(F)(F)F)c1sc(C(=O)NC2CCS(=O)CC2)c2c1CCCC2. The Morgan fingerprint density at radius 3 is 2.18 bits per heavy atom. The van der Waals surface area contributed by atoms with Crippen LogP contribution < -0.4 is 5.32 Å². The summed E-state index contributed by atoms with van der Waals surface area (Å²) in [5.41, 5.74) is 1.71. The van der Waals surface area contributed by atoms with E-state index in [1.807, 2.05) is 0 Å². The number of rotatable bonds is 6. The van der Waals surface area contributed by atoms with Crippen molar-refractivity contribution in [3.63, 3.8) is 0 Å². The maximum Gasteiger partial charge on any atom is 0.407 e. The van der Waals surface area contributed by atoms with Gasteiger partial charge >= 0.3 is 6.18 Å². The molecule has 1 unspecified atom stereocenters. The molecule has 38 heavy (non-hydrogen) atoms. The van der Waals surface area contributed by atoms with Gasteiger partial charge in [-0.1, -0.05) is 34.8 Å². The fraction of sp³-hybridized carbons (Fsp3) is 0.520. The van der Waals surface area contributed by atoms with Gasteiger partial charge < -0.3 is 5.32 Å². The smallest absolute Gasteiger partial charge is 0.349 e. The first-order chi connectivity index (χ1) is 17.9. The van der Waals surface area contributed by atoms with Crippen molar-refractivity contribution < 1.29 is 22.2 Å². The van der Waals surface area contributed by atoms with Gasteiger partial charge in [-0.2, -0.15) is 25.8 Å². The second kappa shape index (κ2) is 12.0. The summed E-state index contributed by atoms with van der Waals surface area (Å²) in [7, 11) is 0.592. The van der Waals surface area contributed by atoms with Gasteiger partial charge in [-0.05, 0) is 67.3 Å². The lowest BCUT2D eigenvalue weighted by Gasteiger charge is -2.32. The number of hydrogen-bond acceptors (Lipinski definition) is 5. The minimum Gasteiger partial charge on any atom is -0.349 e. The number of carbonyl (C=O) groups is 1. The topological polar surface area (TPSA) is 58.5 Å². The Kier molecular flexibility index (Phi) is 9.52. The molecule has 4 rings (SSSR count). The van der Waals surface area contributed by atoms with Crippen molar-refractivity contribution in [3.8, 4) is 0 Å². The van der Waals surface area contributed by atoms with E-state index in [9.17, 15) is 22.2 Å². The first-order valence-electron chi connectivity index (χ1n) is 12.1.